The van der Waals surface area contributed by atoms with Crippen molar-refractivity contribution in [1.29, 1.82) is 0 Å². The van der Waals surface area contributed by atoms with Gasteiger partial charge >= 0.3 is 0 Å². The van der Waals surface area contributed by atoms with Crippen LogP contribution in [0.3, 0.4) is 0 Å². The molecule has 0 saturated carbocycles. The van der Waals surface area contributed by atoms with Gasteiger partial charge < -0.3 is 19.7 Å². The standard InChI is InChI=1S/C22H28ClN5O4S/c1-25-16-19(33(31,32)28-8-2-3-9-28)14-20(25)22(30)24-15-21(29)27-12-10-26(11-13-27)18-6-4-17(23)5-7-18/h4-7,14,16H,2-3,8-13,15H2,1H3,(H,24,30). The number of benzene rings is 1. The summed E-state index contributed by atoms with van der Waals surface area (Å²) in [6.45, 7) is 3.35. The first-order valence-electron chi connectivity index (χ1n) is 11.0. The van der Waals surface area contributed by atoms with Gasteiger partial charge in [0.1, 0.15) is 10.6 Å². The minimum absolute atomic E-state index is 0.0988. The third kappa shape index (κ3) is 5.18. The average Bonchev–Trinajstić information content (AvgIpc) is 3.49. The third-order valence-corrected chi connectivity index (χ3v) is 8.26. The molecule has 0 bridgehead atoms. The molecule has 33 heavy (non-hydrogen) atoms. The summed E-state index contributed by atoms with van der Waals surface area (Å²) in [6.07, 6.45) is 3.13. The number of rotatable bonds is 6. The van der Waals surface area contributed by atoms with Crippen molar-refractivity contribution in [3.8, 4) is 0 Å². The van der Waals surface area contributed by atoms with Gasteiger partial charge in [-0.3, -0.25) is 9.59 Å². The van der Waals surface area contributed by atoms with Crippen LogP contribution in [0.25, 0.3) is 0 Å². The highest BCUT2D eigenvalue weighted by Gasteiger charge is 2.29. The second kappa shape index (κ2) is 9.74. The highest BCUT2D eigenvalue weighted by molar-refractivity contribution is 7.89. The van der Waals surface area contributed by atoms with Crippen LogP contribution in [0, 0.1) is 0 Å². The molecule has 0 unspecified atom stereocenters. The lowest BCUT2D eigenvalue weighted by Crippen LogP contribution is -2.51. The number of piperazine rings is 1. The van der Waals surface area contributed by atoms with Gasteiger partial charge in [0.05, 0.1) is 6.54 Å². The lowest BCUT2D eigenvalue weighted by Gasteiger charge is -2.36. The van der Waals surface area contributed by atoms with Crippen LogP contribution in [0.15, 0.2) is 41.4 Å². The number of sulfonamides is 1. The van der Waals surface area contributed by atoms with Gasteiger partial charge in [0.2, 0.25) is 15.9 Å². The van der Waals surface area contributed by atoms with Gasteiger partial charge in [0, 0.05) is 63.2 Å². The summed E-state index contributed by atoms with van der Waals surface area (Å²) < 4.78 is 28.4. The zero-order chi connectivity index (χ0) is 23.6. The van der Waals surface area contributed by atoms with Gasteiger partial charge in [0.15, 0.2) is 0 Å². The van der Waals surface area contributed by atoms with E-state index >= 15 is 0 Å². The van der Waals surface area contributed by atoms with Crippen LogP contribution in [-0.4, -0.2) is 79.8 Å². The molecule has 2 amide bonds. The number of aryl methyl sites for hydroxylation is 1. The van der Waals surface area contributed by atoms with Crippen molar-refractivity contribution < 1.29 is 18.0 Å². The molecule has 2 fully saturated rings. The molecule has 2 aromatic rings. The molecular weight excluding hydrogens is 466 g/mol. The number of aromatic nitrogens is 1. The van der Waals surface area contributed by atoms with Gasteiger partial charge in [-0.25, -0.2) is 8.42 Å². The molecular formula is C22H28ClN5O4S. The molecule has 9 nitrogen and oxygen atoms in total. The maximum Gasteiger partial charge on any atom is 0.268 e. The van der Waals surface area contributed by atoms with Crippen LogP contribution in [0.2, 0.25) is 5.02 Å². The first-order valence-corrected chi connectivity index (χ1v) is 12.8. The van der Waals surface area contributed by atoms with E-state index in [2.05, 4.69) is 10.2 Å². The highest BCUT2D eigenvalue weighted by Crippen LogP contribution is 2.23. The number of nitrogens with one attached hydrogen (secondary N) is 1. The Hall–Kier alpha value is -2.56. The number of anilines is 1. The fourth-order valence-electron chi connectivity index (χ4n) is 4.20. The predicted octanol–water partition coefficient (Wildman–Crippen LogP) is 1.54. The number of nitrogens with zero attached hydrogens (tertiary/aromatic N) is 4. The summed E-state index contributed by atoms with van der Waals surface area (Å²) >= 11 is 5.94. The number of hydrogen-bond donors (Lipinski definition) is 1. The van der Waals surface area contributed by atoms with Crippen molar-refractivity contribution in [1.82, 2.24) is 19.1 Å². The summed E-state index contributed by atoms with van der Waals surface area (Å²) in [4.78, 5) is 29.3. The summed E-state index contributed by atoms with van der Waals surface area (Å²) in [5.41, 5.74) is 1.26. The molecule has 0 radical (unpaired) electrons. The lowest BCUT2D eigenvalue weighted by atomic mass is 10.2. The van der Waals surface area contributed by atoms with Gasteiger partial charge in [0.25, 0.3) is 5.91 Å². The van der Waals surface area contributed by atoms with Crippen molar-refractivity contribution in [2.45, 2.75) is 17.7 Å². The minimum Gasteiger partial charge on any atom is -0.368 e. The van der Waals surface area contributed by atoms with Crippen molar-refractivity contribution in [3.05, 3.63) is 47.2 Å². The van der Waals surface area contributed by atoms with Crippen molar-refractivity contribution in [2.75, 3.05) is 50.7 Å². The topological polar surface area (TPSA) is 95.0 Å². The number of carbonyl (C=O) groups excluding carboxylic acids is 2. The zero-order valence-electron chi connectivity index (χ0n) is 18.5. The Balaban J connectivity index is 1.30. The Kier molecular flexibility index (Phi) is 6.96. The Labute approximate surface area is 198 Å². The Bertz CT molecular complexity index is 1120. The van der Waals surface area contributed by atoms with Crippen LogP contribution in [-0.2, 0) is 21.9 Å². The van der Waals surface area contributed by atoms with Crippen LogP contribution in [0.4, 0.5) is 5.69 Å². The average molecular weight is 494 g/mol. The molecule has 1 aromatic heterocycles. The molecule has 2 aliphatic heterocycles. The molecule has 4 rings (SSSR count). The molecule has 1 N–H and O–H groups in total. The first kappa shape index (κ1) is 23.6. The quantitative estimate of drug-likeness (QED) is 0.658. The van der Waals surface area contributed by atoms with E-state index in [4.69, 9.17) is 11.6 Å². The molecule has 2 aliphatic rings. The summed E-state index contributed by atoms with van der Waals surface area (Å²) in [7, 11) is -1.99. The monoisotopic (exact) mass is 493 g/mol. The third-order valence-electron chi connectivity index (χ3n) is 6.14. The second-order valence-electron chi connectivity index (χ2n) is 8.31. The number of amides is 2. The maximum absolute atomic E-state index is 12.8. The molecule has 3 heterocycles. The number of halogens is 1. The van der Waals surface area contributed by atoms with E-state index in [1.807, 2.05) is 24.3 Å². The van der Waals surface area contributed by atoms with E-state index in [0.29, 0.717) is 44.3 Å². The Morgan fingerprint density at radius 2 is 1.64 bits per heavy atom. The number of hydrogen-bond acceptors (Lipinski definition) is 5. The molecule has 2 saturated heterocycles. The molecule has 0 aliphatic carbocycles. The molecule has 0 spiro atoms. The second-order valence-corrected chi connectivity index (χ2v) is 10.7. The van der Waals surface area contributed by atoms with Gasteiger partial charge in [-0.2, -0.15) is 4.31 Å². The minimum atomic E-state index is -3.61. The molecule has 11 heteroatoms. The maximum atomic E-state index is 12.8. The van der Waals surface area contributed by atoms with E-state index in [0.717, 1.165) is 18.5 Å². The normalized spacial score (nSPS) is 17.4. The Morgan fingerprint density at radius 3 is 2.27 bits per heavy atom. The molecule has 0 atom stereocenters. The molecule has 1 aromatic carbocycles. The van der Waals surface area contributed by atoms with Crippen molar-refractivity contribution in [3.63, 3.8) is 0 Å². The van der Waals surface area contributed by atoms with Crippen LogP contribution in [0.1, 0.15) is 23.3 Å². The fourth-order valence-corrected chi connectivity index (χ4v) is 5.92. The van der Waals surface area contributed by atoms with E-state index in [1.165, 1.54) is 21.1 Å². The van der Waals surface area contributed by atoms with Crippen LogP contribution >= 0.6 is 11.6 Å². The van der Waals surface area contributed by atoms with E-state index in [9.17, 15) is 18.0 Å². The SMILES string of the molecule is Cn1cc(S(=O)(=O)N2CCCC2)cc1C(=O)NCC(=O)N1CCN(c2ccc(Cl)cc2)CC1. The highest BCUT2D eigenvalue weighted by atomic mass is 35.5. The van der Waals surface area contributed by atoms with Crippen molar-refractivity contribution >= 4 is 39.1 Å². The predicted molar refractivity (Wildman–Crippen MR) is 126 cm³/mol. The van der Waals surface area contributed by atoms with E-state index < -0.39 is 15.9 Å². The summed E-state index contributed by atoms with van der Waals surface area (Å²) in [6, 6.07) is 8.97. The Morgan fingerprint density at radius 1 is 1.00 bits per heavy atom. The lowest BCUT2D eigenvalue weighted by molar-refractivity contribution is -0.130. The smallest absolute Gasteiger partial charge is 0.268 e. The van der Waals surface area contributed by atoms with Gasteiger partial charge in [-0.15, -0.1) is 0 Å². The number of carbonyl (C=O) groups is 2. The van der Waals surface area contributed by atoms with Crippen LogP contribution in [0.5, 0.6) is 0 Å². The van der Waals surface area contributed by atoms with Crippen molar-refractivity contribution in [2.24, 2.45) is 7.05 Å². The summed E-state index contributed by atoms with van der Waals surface area (Å²) in [5, 5.41) is 3.32. The molecule has 178 valence electrons. The van der Waals surface area contributed by atoms with Gasteiger partial charge in [-0.05, 0) is 43.2 Å². The van der Waals surface area contributed by atoms with E-state index in [1.54, 1.807) is 11.9 Å². The summed E-state index contributed by atoms with van der Waals surface area (Å²) in [5.74, 6) is -0.647. The van der Waals surface area contributed by atoms with E-state index in [-0.39, 0.29) is 23.0 Å². The largest absolute Gasteiger partial charge is 0.368 e. The van der Waals surface area contributed by atoms with Gasteiger partial charge in [-0.1, -0.05) is 11.6 Å². The zero-order valence-corrected chi connectivity index (χ0v) is 20.1. The first-order chi connectivity index (χ1) is 15.8. The van der Waals surface area contributed by atoms with Crippen LogP contribution < -0.4 is 10.2 Å². The fraction of sp³-hybridized carbons (Fsp3) is 0.455.